The molecule has 18 heavy (non-hydrogen) atoms. The Kier molecular flexibility index (Phi) is 3.66. The van der Waals surface area contributed by atoms with Crippen molar-refractivity contribution >= 4 is 11.6 Å². The minimum atomic E-state index is -0.854. The quantitative estimate of drug-likeness (QED) is 0.874. The lowest BCUT2D eigenvalue weighted by molar-refractivity contribution is 0.507. The van der Waals surface area contributed by atoms with Gasteiger partial charge in [0.1, 0.15) is 18.0 Å². The molecule has 0 saturated carbocycles. The van der Waals surface area contributed by atoms with Crippen LogP contribution in [-0.2, 0) is 6.54 Å². The number of benzene rings is 1. The zero-order chi connectivity index (χ0) is 13.0. The second-order valence-electron chi connectivity index (χ2n) is 3.64. The first kappa shape index (κ1) is 12.2. The molecule has 94 valence electrons. The van der Waals surface area contributed by atoms with E-state index in [2.05, 4.69) is 20.6 Å². The van der Waals surface area contributed by atoms with E-state index in [0.29, 0.717) is 23.7 Å². The van der Waals surface area contributed by atoms with E-state index in [-0.39, 0.29) is 0 Å². The lowest BCUT2D eigenvalue weighted by atomic mass is 10.2. The van der Waals surface area contributed by atoms with Crippen molar-refractivity contribution in [3.63, 3.8) is 0 Å². The fourth-order valence-corrected chi connectivity index (χ4v) is 1.43. The lowest BCUT2D eigenvalue weighted by Gasteiger charge is -2.07. The molecule has 0 unspecified atom stereocenters. The second-order valence-corrected chi connectivity index (χ2v) is 3.64. The van der Waals surface area contributed by atoms with Gasteiger partial charge >= 0.3 is 0 Å². The Bertz CT molecular complexity index is 545. The molecule has 1 aromatic heterocycles. The van der Waals surface area contributed by atoms with Gasteiger partial charge in [0, 0.05) is 19.7 Å². The van der Waals surface area contributed by atoms with Crippen molar-refractivity contribution in [3.8, 4) is 0 Å². The van der Waals surface area contributed by atoms with Gasteiger partial charge in [0.15, 0.2) is 11.6 Å². The predicted octanol–water partition coefficient (Wildman–Crippen LogP) is 2.41. The van der Waals surface area contributed by atoms with Crippen molar-refractivity contribution in [3.05, 3.63) is 47.8 Å². The zero-order valence-electron chi connectivity index (χ0n) is 9.74. The molecule has 0 aliphatic rings. The number of nitrogens with zero attached hydrogens (tertiary/aromatic N) is 2. The smallest absolute Gasteiger partial charge is 0.159 e. The zero-order valence-corrected chi connectivity index (χ0v) is 9.74. The van der Waals surface area contributed by atoms with Crippen molar-refractivity contribution in [1.82, 2.24) is 9.97 Å². The summed E-state index contributed by atoms with van der Waals surface area (Å²) in [6.07, 6.45) is 1.42. The molecule has 0 amide bonds. The van der Waals surface area contributed by atoms with Gasteiger partial charge in [0.25, 0.3) is 0 Å². The maximum absolute atomic E-state index is 13.0. The maximum Gasteiger partial charge on any atom is 0.159 e. The van der Waals surface area contributed by atoms with Crippen LogP contribution in [0.25, 0.3) is 0 Å². The summed E-state index contributed by atoms with van der Waals surface area (Å²) in [5, 5.41) is 5.88. The highest BCUT2D eigenvalue weighted by Gasteiger charge is 2.03. The van der Waals surface area contributed by atoms with E-state index in [1.165, 1.54) is 12.4 Å². The average molecular weight is 250 g/mol. The van der Waals surface area contributed by atoms with Crippen LogP contribution in [0.15, 0.2) is 30.6 Å². The van der Waals surface area contributed by atoms with E-state index in [9.17, 15) is 8.78 Å². The van der Waals surface area contributed by atoms with Crippen molar-refractivity contribution in [1.29, 1.82) is 0 Å². The minimum Gasteiger partial charge on any atom is -0.373 e. The molecule has 0 bridgehead atoms. The molecule has 0 fully saturated rings. The Morgan fingerprint density at radius 2 is 1.83 bits per heavy atom. The number of rotatable bonds is 4. The van der Waals surface area contributed by atoms with E-state index in [0.717, 1.165) is 12.1 Å². The standard InChI is InChI=1S/C12H12F2N4/c1-15-11-5-12(18-7-17-11)16-6-8-2-3-9(13)10(14)4-8/h2-5,7H,6H2,1H3,(H2,15,16,17,18). The predicted molar refractivity (Wildman–Crippen MR) is 65.3 cm³/mol. The maximum atomic E-state index is 13.0. The summed E-state index contributed by atoms with van der Waals surface area (Å²) in [5.41, 5.74) is 0.638. The first-order valence-electron chi connectivity index (χ1n) is 5.36. The fraction of sp³-hybridized carbons (Fsp3) is 0.167. The highest BCUT2D eigenvalue weighted by atomic mass is 19.2. The molecule has 1 aromatic carbocycles. The van der Waals surface area contributed by atoms with Gasteiger partial charge in [-0.05, 0) is 17.7 Å². The molecule has 0 spiro atoms. The molecule has 6 heteroatoms. The second kappa shape index (κ2) is 5.39. The molecule has 2 rings (SSSR count). The van der Waals surface area contributed by atoms with Gasteiger partial charge in [-0.25, -0.2) is 18.7 Å². The Morgan fingerprint density at radius 1 is 1.06 bits per heavy atom. The van der Waals surface area contributed by atoms with E-state index < -0.39 is 11.6 Å². The van der Waals surface area contributed by atoms with Crippen molar-refractivity contribution in [2.75, 3.05) is 17.7 Å². The molecule has 2 N–H and O–H groups in total. The molecule has 0 atom stereocenters. The molecule has 4 nitrogen and oxygen atoms in total. The Morgan fingerprint density at radius 3 is 2.56 bits per heavy atom. The molecule has 2 aromatic rings. The summed E-state index contributed by atoms with van der Waals surface area (Å²) < 4.78 is 25.7. The van der Waals surface area contributed by atoms with Crippen LogP contribution >= 0.6 is 0 Å². The number of nitrogens with one attached hydrogen (secondary N) is 2. The third-order valence-corrected chi connectivity index (χ3v) is 2.38. The number of halogens is 2. The molecule has 0 aliphatic heterocycles. The van der Waals surface area contributed by atoms with Crippen molar-refractivity contribution in [2.24, 2.45) is 0 Å². The van der Waals surface area contributed by atoms with Crippen LogP contribution < -0.4 is 10.6 Å². The van der Waals surface area contributed by atoms with E-state index in [1.54, 1.807) is 13.1 Å². The van der Waals surface area contributed by atoms with Crippen LogP contribution in [0, 0.1) is 11.6 Å². The van der Waals surface area contributed by atoms with Gasteiger partial charge in [-0.1, -0.05) is 6.07 Å². The summed E-state index contributed by atoms with van der Waals surface area (Å²) in [5.74, 6) is -0.414. The van der Waals surface area contributed by atoms with Crippen molar-refractivity contribution in [2.45, 2.75) is 6.54 Å². The van der Waals surface area contributed by atoms with Gasteiger partial charge in [0.05, 0.1) is 0 Å². The third kappa shape index (κ3) is 2.91. The number of aromatic nitrogens is 2. The van der Waals surface area contributed by atoms with E-state index in [4.69, 9.17) is 0 Å². The molecule has 0 radical (unpaired) electrons. The summed E-state index contributed by atoms with van der Waals surface area (Å²) in [6.45, 7) is 0.358. The van der Waals surface area contributed by atoms with Crippen LogP contribution in [0.2, 0.25) is 0 Å². The highest BCUT2D eigenvalue weighted by Crippen LogP contribution is 2.12. The van der Waals surface area contributed by atoms with Crippen LogP contribution in [0.1, 0.15) is 5.56 Å². The Labute approximate surface area is 103 Å². The number of anilines is 2. The molecular formula is C12H12F2N4. The van der Waals surface area contributed by atoms with Gasteiger partial charge in [0.2, 0.25) is 0 Å². The average Bonchev–Trinajstić information content (AvgIpc) is 2.40. The SMILES string of the molecule is CNc1cc(NCc2ccc(F)c(F)c2)ncn1. The van der Waals surface area contributed by atoms with Crippen LogP contribution in [0.5, 0.6) is 0 Å². The lowest BCUT2D eigenvalue weighted by Crippen LogP contribution is -2.03. The topological polar surface area (TPSA) is 49.8 Å². The van der Waals surface area contributed by atoms with Gasteiger partial charge in [-0.15, -0.1) is 0 Å². The largest absolute Gasteiger partial charge is 0.373 e. The van der Waals surface area contributed by atoms with Crippen LogP contribution in [0.3, 0.4) is 0 Å². The van der Waals surface area contributed by atoms with E-state index in [1.807, 2.05) is 0 Å². The first-order valence-corrected chi connectivity index (χ1v) is 5.36. The number of hydrogen-bond acceptors (Lipinski definition) is 4. The van der Waals surface area contributed by atoms with Gasteiger partial charge in [-0.2, -0.15) is 0 Å². The summed E-state index contributed by atoms with van der Waals surface area (Å²) in [7, 11) is 1.75. The van der Waals surface area contributed by atoms with Crippen LogP contribution in [-0.4, -0.2) is 17.0 Å². The fourth-order valence-electron chi connectivity index (χ4n) is 1.43. The Balaban J connectivity index is 2.04. The Hall–Kier alpha value is -2.24. The monoisotopic (exact) mass is 250 g/mol. The summed E-state index contributed by atoms with van der Waals surface area (Å²) >= 11 is 0. The van der Waals surface area contributed by atoms with Crippen LogP contribution in [0.4, 0.5) is 20.4 Å². The molecule has 1 heterocycles. The summed E-state index contributed by atoms with van der Waals surface area (Å²) in [4.78, 5) is 7.98. The van der Waals surface area contributed by atoms with Crippen molar-refractivity contribution < 1.29 is 8.78 Å². The summed E-state index contributed by atoms with van der Waals surface area (Å²) in [6, 6.07) is 5.50. The molecule has 0 aliphatic carbocycles. The normalized spacial score (nSPS) is 10.2. The van der Waals surface area contributed by atoms with Gasteiger partial charge < -0.3 is 10.6 Å². The third-order valence-electron chi connectivity index (χ3n) is 2.38. The minimum absolute atomic E-state index is 0.358. The first-order chi connectivity index (χ1) is 8.69. The van der Waals surface area contributed by atoms with Gasteiger partial charge in [-0.3, -0.25) is 0 Å². The van der Waals surface area contributed by atoms with E-state index >= 15 is 0 Å². The highest BCUT2D eigenvalue weighted by molar-refractivity contribution is 5.46. The molecular weight excluding hydrogens is 238 g/mol. The number of hydrogen-bond donors (Lipinski definition) is 2. The molecule has 0 saturated heterocycles.